The lowest BCUT2D eigenvalue weighted by molar-refractivity contribution is -0.136. The van der Waals surface area contributed by atoms with Gasteiger partial charge in [0.1, 0.15) is 11.6 Å². The van der Waals surface area contributed by atoms with Gasteiger partial charge in [-0.2, -0.15) is 0 Å². The molecule has 2 saturated heterocycles. The normalized spacial score (nSPS) is 18.7. The van der Waals surface area contributed by atoms with Crippen LogP contribution in [0.1, 0.15) is 29.6 Å². The molecule has 0 saturated carbocycles. The average Bonchev–Trinajstić information content (AvgIpc) is 2.84. The first kappa shape index (κ1) is 23.2. The van der Waals surface area contributed by atoms with Crippen molar-refractivity contribution < 1.29 is 18.7 Å². The fourth-order valence-electron chi connectivity index (χ4n) is 4.60. The molecule has 2 amide bonds. The van der Waals surface area contributed by atoms with Gasteiger partial charge in [-0.15, -0.1) is 0 Å². The first-order valence-electron chi connectivity index (χ1n) is 11.6. The summed E-state index contributed by atoms with van der Waals surface area (Å²) in [6.45, 7) is 4.72. The summed E-state index contributed by atoms with van der Waals surface area (Å²) in [6.07, 6.45) is 1.74. The van der Waals surface area contributed by atoms with E-state index in [-0.39, 0.29) is 17.2 Å². The summed E-state index contributed by atoms with van der Waals surface area (Å²) in [5.41, 5.74) is 0.0196. The first-order valence-corrected chi connectivity index (χ1v) is 11.6. The molecular weight excluding hydrogens is 421 g/mol. The molecule has 2 fully saturated rings. The van der Waals surface area contributed by atoms with Crippen molar-refractivity contribution in [1.29, 1.82) is 0 Å². The van der Waals surface area contributed by atoms with Crippen LogP contribution in [0.4, 0.5) is 4.39 Å². The molecule has 2 aromatic carbocycles. The number of ether oxygens (including phenoxy) is 1. The van der Waals surface area contributed by atoms with E-state index in [1.807, 2.05) is 35.2 Å². The van der Waals surface area contributed by atoms with Crippen LogP contribution in [0.25, 0.3) is 0 Å². The molecule has 2 aliphatic heterocycles. The number of para-hydroxylation sites is 1. The molecule has 0 unspecified atom stereocenters. The lowest BCUT2D eigenvalue weighted by Gasteiger charge is -2.42. The van der Waals surface area contributed by atoms with Crippen LogP contribution in [-0.2, 0) is 4.79 Å². The van der Waals surface area contributed by atoms with E-state index in [1.165, 1.54) is 12.1 Å². The maximum absolute atomic E-state index is 13.6. The van der Waals surface area contributed by atoms with Crippen molar-refractivity contribution in [1.82, 2.24) is 14.7 Å². The Morgan fingerprint density at radius 1 is 0.909 bits per heavy atom. The fourth-order valence-corrected chi connectivity index (χ4v) is 4.60. The summed E-state index contributed by atoms with van der Waals surface area (Å²) < 4.78 is 19.7. The molecule has 2 heterocycles. The Morgan fingerprint density at radius 3 is 2.27 bits per heavy atom. The molecule has 2 aliphatic rings. The number of carbonyl (C=O) groups is 2. The van der Waals surface area contributed by atoms with Crippen molar-refractivity contribution in [2.24, 2.45) is 5.41 Å². The van der Waals surface area contributed by atoms with Crippen LogP contribution < -0.4 is 4.74 Å². The quantitative estimate of drug-likeness (QED) is 0.674. The Hall–Kier alpha value is -2.93. The van der Waals surface area contributed by atoms with E-state index in [1.54, 1.807) is 17.0 Å². The third kappa shape index (κ3) is 5.90. The number of likely N-dealkylation sites (tertiary alicyclic amines) is 1. The van der Waals surface area contributed by atoms with E-state index in [4.69, 9.17) is 4.74 Å². The van der Waals surface area contributed by atoms with E-state index < -0.39 is 5.82 Å². The third-order valence-electron chi connectivity index (χ3n) is 6.85. The van der Waals surface area contributed by atoms with Crippen molar-refractivity contribution in [3.05, 3.63) is 66.0 Å². The van der Waals surface area contributed by atoms with Crippen LogP contribution in [0.3, 0.4) is 0 Å². The standard InChI is InChI=1S/C26H32FN3O3/c1-28-14-16-29(17-15-28)24(31)19-26(20-33-23-8-3-2-4-9-23)10-12-30(13-11-26)25(32)21-6-5-7-22(27)18-21/h2-9,18H,10-17,19-20H2,1H3. The van der Waals surface area contributed by atoms with Crippen LogP contribution in [-0.4, -0.2) is 79.4 Å². The van der Waals surface area contributed by atoms with Crippen LogP contribution in [0.2, 0.25) is 0 Å². The highest BCUT2D eigenvalue weighted by atomic mass is 19.1. The number of nitrogens with zero attached hydrogens (tertiary/aromatic N) is 3. The van der Waals surface area contributed by atoms with Crippen molar-refractivity contribution in [3.63, 3.8) is 0 Å². The molecule has 0 radical (unpaired) electrons. The van der Waals surface area contributed by atoms with Gasteiger partial charge in [0.15, 0.2) is 0 Å². The number of hydrogen-bond acceptors (Lipinski definition) is 4. The Kier molecular flexibility index (Phi) is 7.28. The van der Waals surface area contributed by atoms with E-state index in [0.717, 1.165) is 31.9 Å². The third-order valence-corrected chi connectivity index (χ3v) is 6.85. The summed E-state index contributed by atoms with van der Waals surface area (Å²) in [4.78, 5) is 32.0. The fraction of sp³-hybridized carbons (Fsp3) is 0.462. The summed E-state index contributed by atoms with van der Waals surface area (Å²) >= 11 is 0. The van der Waals surface area contributed by atoms with Gasteiger partial charge in [-0.1, -0.05) is 24.3 Å². The highest BCUT2D eigenvalue weighted by molar-refractivity contribution is 5.94. The molecular formula is C26H32FN3O3. The number of carbonyl (C=O) groups excluding carboxylic acids is 2. The van der Waals surface area contributed by atoms with Crippen LogP contribution in [0, 0.1) is 11.2 Å². The Bertz CT molecular complexity index is 952. The second-order valence-electron chi connectivity index (χ2n) is 9.27. The molecule has 176 valence electrons. The summed E-state index contributed by atoms with van der Waals surface area (Å²) in [6, 6.07) is 15.4. The number of likely N-dealkylation sites (N-methyl/N-ethyl adjacent to an activating group) is 1. The van der Waals surface area contributed by atoms with Gasteiger partial charge < -0.3 is 19.4 Å². The van der Waals surface area contributed by atoms with Crippen LogP contribution in [0.5, 0.6) is 5.75 Å². The highest BCUT2D eigenvalue weighted by Crippen LogP contribution is 2.37. The van der Waals surface area contributed by atoms with E-state index in [0.29, 0.717) is 44.5 Å². The minimum Gasteiger partial charge on any atom is -0.493 e. The van der Waals surface area contributed by atoms with Gasteiger partial charge in [0.05, 0.1) is 6.61 Å². The number of halogens is 1. The second-order valence-corrected chi connectivity index (χ2v) is 9.27. The average molecular weight is 454 g/mol. The van der Waals surface area contributed by atoms with Crippen molar-refractivity contribution >= 4 is 11.8 Å². The SMILES string of the molecule is CN1CCN(C(=O)CC2(COc3ccccc3)CCN(C(=O)c3cccc(F)c3)CC2)CC1. The Labute approximate surface area is 194 Å². The van der Waals surface area contributed by atoms with Gasteiger partial charge >= 0.3 is 0 Å². The number of amides is 2. The maximum Gasteiger partial charge on any atom is 0.253 e. The van der Waals surface area contributed by atoms with Gasteiger partial charge in [0.25, 0.3) is 5.91 Å². The molecule has 6 nitrogen and oxygen atoms in total. The zero-order valence-electron chi connectivity index (χ0n) is 19.2. The molecule has 7 heteroatoms. The number of piperazine rings is 1. The van der Waals surface area contributed by atoms with E-state index >= 15 is 0 Å². The molecule has 0 aliphatic carbocycles. The largest absolute Gasteiger partial charge is 0.493 e. The topological polar surface area (TPSA) is 53.1 Å². The van der Waals surface area contributed by atoms with Gasteiger partial charge in [-0.05, 0) is 50.2 Å². The van der Waals surface area contributed by atoms with Crippen molar-refractivity contribution in [2.45, 2.75) is 19.3 Å². The zero-order valence-corrected chi connectivity index (χ0v) is 19.2. The molecule has 2 aromatic rings. The van der Waals surface area contributed by atoms with Gasteiger partial charge in [-0.25, -0.2) is 4.39 Å². The number of benzene rings is 2. The Balaban J connectivity index is 1.44. The van der Waals surface area contributed by atoms with E-state index in [2.05, 4.69) is 11.9 Å². The number of hydrogen-bond donors (Lipinski definition) is 0. The molecule has 33 heavy (non-hydrogen) atoms. The highest BCUT2D eigenvalue weighted by Gasteiger charge is 2.40. The number of rotatable bonds is 6. The summed E-state index contributed by atoms with van der Waals surface area (Å²) in [5, 5.41) is 0. The molecule has 0 N–H and O–H groups in total. The lowest BCUT2D eigenvalue weighted by Crippen LogP contribution is -2.51. The Morgan fingerprint density at radius 2 is 1.61 bits per heavy atom. The van der Waals surface area contributed by atoms with Gasteiger partial charge in [-0.3, -0.25) is 9.59 Å². The summed E-state index contributed by atoms with van der Waals surface area (Å²) in [7, 11) is 2.07. The van der Waals surface area contributed by atoms with Gasteiger partial charge in [0, 0.05) is 56.7 Å². The number of piperidine rings is 1. The molecule has 0 spiro atoms. The molecule has 0 aromatic heterocycles. The molecule has 4 rings (SSSR count). The minimum absolute atomic E-state index is 0.157. The predicted octanol–water partition coefficient (Wildman–Crippen LogP) is 3.29. The van der Waals surface area contributed by atoms with Crippen molar-refractivity contribution in [3.8, 4) is 5.75 Å². The predicted molar refractivity (Wildman–Crippen MR) is 125 cm³/mol. The second kappa shape index (κ2) is 10.3. The zero-order chi connectivity index (χ0) is 23.3. The smallest absolute Gasteiger partial charge is 0.253 e. The minimum atomic E-state index is -0.416. The maximum atomic E-state index is 13.6. The first-order chi connectivity index (χ1) is 15.9. The molecule has 0 atom stereocenters. The van der Waals surface area contributed by atoms with E-state index in [9.17, 15) is 14.0 Å². The van der Waals surface area contributed by atoms with Crippen molar-refractivity contribution in [2.75, 3.05) is 52.9 Å². The lowest BCUT2D eigenvalue weighted by atomic mass is 9.75. The monoisotopic (exact) mass is 453 g/mol. The van der Waals surface area contributed by atoms with Gasteiger partial charge in [0.2, 0.25) is 5.91 Å². The summed E-state index contributed by atoms with van der Waals surface area (Å²) in [5.74, 6) is 0.352. The van der Waals surface area contributed by atoms with Crippen LogP contribution >= 0.6 is 0 Å². The van der Waals surface area contributed by atoms with Crippen LogP contribution in [0.15, 0.2) is 54.6 Å². The molecule has 0 bridgehead atoms.